The molecule has 1 aliphatic heterocycles. The van der Waals surface area contributed by atoms with Gasteiger partial charge in [-0.3, -0.25) is 4.79 Å². The average molecular weight is 442 g/mol. The first-order chi connectivity index (χ1) is 16.1. The van der Waals surface area contributed by atoms with Crippen LogP contribution in [-0.4, -0.2) is 54.9 Å². The fourth-order valence-electron chi connectivity index (χ4n) is 4.56. The van der Waals surface area contributed by atoms with Crippen LogP contribution in [0, 0.1) is 12.8 Å². The fourth-order valence-corrected chi connectivity index (χ4v) is 4.56. The van der Waals surface area contributed by atoms with Crippen LogP contribution in [0.5, 0.6) is 0 Å². The number of piperidine rings is 1. The normalized spacial score (nSPS) is 18.4. The number of benzene rings is 2. The van der Waals surface area contributed by atoms with E-state index in [2.05, 4.69) is 32.4 Å². The van der Waals surface area contributed by atoms with Crippen molar-refractivity contribution in [3.63, 3.8) is 0 Å². The number of amides is 1. The van der Waals surface area contributed by atoms with Gasteiger partial charge in [-0.1, -0.05) is 36.8 Å². The number of hydrogen-bond acceptors (Lipinski definition) is 6. The number of rotatable bonds is 5. The molecule has 1 N–H and O–H groups in total. The largest absolute Gasteiger partial charge is 0.352 e. The molecular formula is C25H27N7O. The SMILES string of the molecule is Cc1ccc(-n2nccn2)c(C(=O)N2CCCC(C)C2CNc2ncc3ccccc3n2)c1. The Bertz CT molecular complexity index is 1270. The number of anilines is 1. The standard InChI is InChI=1S/C25H27N7O/c1-17-9-10-22(32-28-11-12-29-32)20(14-17)24(33)31-13-5-6-18(2)23(31)16-27-25-26-15-19-7-3-4-8-21(19)30-25/h3-4,7-12,14-15,18,23H,5-6,13,16H2,1-2H3,(H,26,27,30). The highest BCUT2D eigenvalue weighted by molar-refractivity contribution is 5.98. The summed E-state index contributed by atoms with van der Waals surface area (Å²) in [5.74, 6) is 0.936. The number of nitrogens with one attached hydrogen (secondary N) is 1. The lowest BCUT2D eigenvalue weighted by Gasteiger charge is -2.40. The molecule has 168 valence electrons. The van der Waals surface area contributed by atoms with Gasteiger partial charge in [-0.25, -0.2) is 9.97 Å². The second-order valence-corrected chi connectivity index (χ2v) is 8.66. The number of aromatic nitrogens is 5. The van der Waals surface area contributed by atoms with Gasteiger partial charge in [-0.2, -0.15) is 15.0 Å². The van der Waals surface area contributed by atoms with Crippen LogP contribution in [0.1, 0.15) is 35.7 Å². The van der Waals surface area contributed by atoms with Crippen molar-refractivity contribution in [3.05, 3.63) is 72.2 Å². The van der Waals surface area contributed by atoms with Gasteiger partial charge in [0.25, 0.3) is 5.91 Å². The van der Waals surface area contributed by atoms with E-state index in [1.807, 2.05) is 60.5 Å². The van der Waals surface area contributed by atoms with Crippen LogP contribution in [0.4, 0.5) is 5.95 Å². The lowest BCUT2D eigenvalue weighted by molar-refractivity contribution is 0.0539. The lowest BCUT2D eigenvalue weighted by Crippen LogP contribution is -2.51. The van der Waals surface area contributed by atoms with E-state index in [1.165, 1.54) is 4.80 Å². The Hall–Kier alpha value is -3.81. The molecule has 8 nitrogen and oxygen atoms in total. The number of carbonyl (C=O) groups is 1. The van der Waals surface area contributed by atoms with E-state index >= 15 is 0 Å². The molecule has 1 amide bonds. The van der Waals surface area contributed by atoms with Crippen LogP contribution in [0.3, 0.4) is 0 Å². The molecule has 8 heteroatoms. The van der Waals surface area contributed by atoms with E-state index in [4.69, 9.17) is 0 Å². The minimum absolute atomic E-state index is 0.00350. The van der Waals surface area contributed by atoms with E-state index in [1.54, 1.807) is 12.4 Å². The molecule has 4 aromatic rings. The number of aryl methyl sites for hydroxylation is 1. The number of hydrogen-bond donors (Lipinski definition) is 1. The molecule has 1 fully saturated rings. The molecule has 0 radical (unpaired) electrons. The summed E-state index contributed by atoms with van der Waals surface area (Å²) in [7, 11) is 0. The molecule has 1 aliphatic rings. The van der Waals surface area contributed by atoms with Crippen LogP contribution >= 0.6 is 0 Å². The van der Waals surface area contributed by atoms with E-state index in [-0.39, 0.29) is 11.9 Å². The highest BCUT2D eigenvalue weighted by atomic mass is 16.2. The molecule has 5 rings (SSSR count). The number of nitrogens with zero attached hydrogens (tertiary/aromatic N) is 6. The molecule has 1 saturated heterocycles. The van der Waals surface area contributed by atoms with Crippen molar-refractivity contribution in [2.24, 2.45) is 5.92 Å². The van der Waals surface area contributed by atoms with Crippen LogP contribution < -0.4 is 5.32 Å². The van der Waals surface area contributed by atoms with Gasteiger partial charge in [0.1, 0.15) is 0 Å². The van der Waals surface area contributed by atoms with Crippen LogP contribution in [0.2, 0.25) is 0 Å². The molecule has 0 bridgehead atoms. The number of likely N-dealkylation sites (tertiary alicyclic amines) is 1. The number of carbonyl (C=O) groups excluding carboxylic acids is 1. The summed E-state index contributed by atoms with van der Waals surface area (Å²) in [4.78, 5) is 26.4. The summed E-state index contributed by atoms with van der Waals surface area (Å²) in [6, 6.07) is 13.8. The maximum atomic E-state index is 13.8. The van der Waals surface area contributed by atoms with Gasteiger partial charge in [-0.05, 0) is 43.9 Å². The summed E-state index contributed by atoms with van der Waals surface area (Å²) in [6.45, 7) is 5.51. The van der Waals surface area contributed by atoms with Crippen LogP contribution in [0.15, 0.2) is 61.1 Å². The summed E-state index contributed by atoms with van der Waals surface area (Å²) >= 11 is 0. The zero-order chi connectivity index (χ0) is 22.8. The van der Waals surface area contributed by atoms with E-state index < -0.39 is 0 Å². The van der Waals surface area contributed by atoms with Gasteiger partial charge >= 0.3 is 0 Å². The third-order valence-electron chi connectivity index (χ3n) is 6.35. The molecule has 0 aliphatic carbocycles. The molecule has 33 heavy (non-hydrogen) atoms. The predicted molar refractivity (Wildman–Crippen MR) is 127 cm³/mol. The second kappa shape index (κ2) is 8.97. The van der Waals surface area contributed by atoms with Gasteiger partial charge < -0.3 is 10.2 Å². The van der Waals surface area contributed by atoms with Crippen molar-refractivity contribution < 1.29 is 4.79 Å². The summed E-state index contributed by atoms with van der Waals surface area (Å²) in [5, 5.41) is 12.9. The molecule has 2 atom stereocenters. The molecule has 2 unspecified atom stereocenters. The Labute approximate surface area is 192 Å². The second-order valence-electron chi connectivity index (χ2n) is 8.66. The maximum absolute atomic E-state index is 13.8. The van der Waals surface area contributed by atoms with Crippen molar-refractivity contribution in [1.29, 1.82) is 0 Å². The van der Waals surface area contributed by atoms with Gasteiger partial charge in [-0.15, -0.1) is 0 Å². The molecule has 0 saturated carbocycles. The Balaban J connectivity index is 1.41. The Morgan fingerprint density at radius 3 is 2.82 bits per heavy atom. The zero-order valence-electron chi connectivity index (χ0n) is 18.8. The van der Waals surface area contributed by atoms with Gasteiger partial charge in [0.2, 0.25) is 5.95 Å². The highest BCUT2D eigenvalue weighted by Crippen LogP contribution is 2.27. The molecule has 3 heterocycles. The van der Waals surface area contributed by atoms with Gasteiger partial charge in [0.05, 0.1) is 35.2 Å². The van der Waals surface area contributed by atoms with Crippen molar-refractivity contribution >= 4 is 22.8 Å². The third kappa shape index (κ3) is 4.28. The fraction of sp³-hybridized carbons (Fsp3) is 0.320. The smallest absolute Gasteiger partial charge is 0.256 e. The maximum Gasteiger partial charge on any atom is 0.256 e. The number of fused-ring (bicyclic) bond motifs is 1. The number of para-hydroxylation sites is 1. The van der Waals surface area contributed by atoms with E-state index in [9.17, 15) is 4.79 Å². The predicted octanol–water partition coefficient (Wildman–Crippen LogP) is 3.87. The van der Waals surface area contributed by atoms with Crippen molar-refractivity contribution in [2.75, 3.05) is 18.4 Å². The first-order valence-corrected chi connectivity index (χ1v) is 11.3. The van der Waals surface area contributed by atoms with E-state index in [0.29, 0.717) is 36.2 Å². The van der Waals surface area contributed by atoms with Gasteiger partial charge in [0.15, 0.2) is 0 Å². The van der Waals surface area contributed by atoms with Crippen molar-refractivity contribution in [2.45, 2.75) is 32.7 Å². The lowest BCUT2D eigenvalue weighted by atomic mass is 9.90. The first kappa shape index (κ1) is 21.1. The van der Waals surface area contributed by atoms with Crippen molar-refractivity contribution in [3.8, 4) is 5.69 Å². The molecular weight excluding hydrogens is 414 g/mol. The molecule has 0 spiro atoms. The quantitative estimate of drug-likeness (QED) is 0.506. The van der Waals surface area contributed by atoms with Crippen LogP contribution in [-0.2, 0) is 0 Å². The summed E-state index contributed by atoms with van der Waals surface area (Å²) in [5.41, 5.74) is 3.24. The van der Waals surface area contributed by atoms with Crippen molar-refractivity contribution in [1.82, 2.24) is 29.9 Å². The Kier molecular flexibility index (Phi) is 5.73. The van der Waals surface area contributed by atoms with E-state index in [0.717, 1.165) is 29.3 Å². The minimum atomic E-state index is 0.00350. The summed E-state index contributed by atoms with van der Waals surface area (Å²) < 4.78 is 0. The molecule has 2 aromatic carbocycles. The highest BCUT2D eigenvalue weighted by Gasteiger charge is 2.33. The Morgan fingerprint density at radius 1 is 1.15 bits per heavy atom. The van der Waals surface area contributed by atoms with Crippen LogP contribution in [0.25, 0.3) is 16.6 Å². The average Bonchev–Trinajstić information content (AvgIpc) is 3.37. The third-order valence-corrected chi connectivity index (χ3v) is 6.35. The monoisotopic (exact) mass is 441 g/mol. The van der Waals surface area contributed by atoms with Gasteiger partial charge in [0, 0.05) is 24.7 Å². The minimum Gasteiger partial charge on any atom is -0.352 e. The topological polar surface area (TPSA) is 88.8 Å². The zero-order valence-corrected chi connectivity index (χ0v) is 18.8. The first-order valence-electron chi connectivity index (χ1n) is 11.3. The Morgan fingerprint density at radius 2 is 1.97 bits per heavy atom. The summed E-state index contributed by atoms with van der Waals surface area (Å²) in [6.07, 6.45) is 7.13. The molecule has 2 aromatic heterocycles.